The van der Waals surface area contributed by atoms with Crippen molar-refractivity contribution in [3.8, 4) is 6.07 Å². The Balaban J connectivity index is 2.06. The average molecular weight is 284 g/mol. The minimum absolute atomic E-state index is 0.683. The highest BCUT2D eigenvalue weighted by molar-refractivity contribution is 5.69. The molecule has 3 aromatic rings. The number of hydrogen-bond acceptors (Lipinski definition) is 2. The minimum Gasteiger partial charge on any atom is -0.336 e. The van der Waals surface area contributed by atoms with Gasteiger partial charge in [-0.1, -0.05) is 60.7 Å². The Labute approximate surface area is 130 Å². The summed E-state index contributed by atoms with van der Waals surface area (Å²) in [4.78, 5) is 2.17. The molecule has 0 aliphatic carbocycles. The zero-order chi connectivity index (χ0) is 15.2. The van der Waals surface area contributed by atoms with Gasteiger partial charge in [-0.15, -0.1) is 0 Å². The van der Waals surface area contributed by atoms with Crippen LogP contribution in [-0.4, -0.2) is 0 Å². The summed E-state index contributed by atoms with van der Waals surface area (Å²) in [6.45, 7) is 0.726. The first-order valence-electron chi connectivity index (χ1n) is 7.24. The Morgan fingerprint density at radius 2 is 1.32 bits per heavy atom. The molecular weight excluding hydrogens is 268 g/mol. The lowest BCUT2D eigenvalue weighted by atomic mass is 10.1. The van der Waals surface area contributed by atoms with Gasteiger partial charge in [0.2, 0.25) is 0 Å². The fourth-order valence-corrected chi connectivity index (χ4v) is 2.49. The van der Waals surface area contributed by atoms with E-state index in [2.05, 4.69) is 35.2 Å². The van der Waals surface area contributed by atoms with E-state index >= 15 is 0 Å². The van der Waals surface area contributed by atoms with Gasteiger partial charge in [0.15, 0.2) is 0 Å². The van der Waals surface area contributed by atoms with Crippen LogP contribution < -0.4 is 4.90 Å². The molecule has 0 saturated carbocycles. The van der Waals surface area contributed by atoms with E-state index in [4.69, 9.17) is 0 Å². The molecule has 0 aliphatic heterocycles. The van der Waals surface area contributed by atoms with Crippen LogP contribution in [0.2, 0.25) is 0 Å². The van der Waals surface area contributed by atoms with Crippen molar-refractivity contribution in [3.63, 3.8) is 0 Å². The molecular formula is C20H16N2. The normalized spacial score (nSPS) is 9.95. The first kappa shape index (κ1) is 13.9. The van der Waals surface area contributed by atoms with Crippen molar-refractivity contribution in [2.24, 2.45) is 0 Å². The summed E-state index contributed by atoms with van der Waals surface area (Å²) in [6.07, 6.45) is 0. The van der Waals surface area contributed by atoms with Gasteiger partial charge in [-0.05, 0) is 29.8 Å². The van der Waals surface area contributed by atoms with E-state index in [1.807, 2.05) is 60.7 Å². The van der Waals surface area contributed by atoms with Crippen LogP contribution in [-0.2, 0) is 6.54 Å². The summed E-state index contributed by atoms with van der Waals surface area (Å²) in [5.41, 5.74) is 3.90. The summed E-state index contributed by atoms with van der Waals surface area (Å²) < 4.78 is 0. The predicted octanol–water partition coefficient (Wildman–Crippen LogP) is 4.90. The second-order valence-corrected chi connectivity index (χ2v) is 5.04. The molecule has 2 nitrogen and oxygen atoms in total. The smallest absolute Gasteiger partial charge is 0.101 e. The monoisotopic (exact) mass is 284 g/mol. The zero-order valence-electron chi connectivity index (χ0n) is 12.2. The molecule has 0 saturated heterocycles. The zero-order valence-corrected chi connectivity index (χ0v) is 12.2. The van der Waals surface area contributed by atoms with Crippen LogP contribution in [0.3, 0.4) is 0 Å². The van der Waals surface area contributed by atoms with E-state index in [9.17, 15) is 5.26 Å². The van der Waals surface area contributed by atoms with Gasteiger partial charge in [-0.25, -0.2) is 0 Å². The van der Waals surface area contributed by atoms with E-state index in [-0.39, 0.29) is 0 Å². The number of hydrogen-bond donors (Lipinski definition) is 0. The molecule has 3 rings (SSSR count). The fourth-order valence-electron chi connectivity index (χ4n) is 2.49. The van der Waals surface area contributed by atoms with Crippen LogP contribution in [0.5, 0.6) is 0 Å². The number of nitriles is 1. The molecule has 106 valence electrons. The molecule has 0 spiro atoms. The van der Waals surface area contributed by atoms with Gasteiger partial charge in [0, 0.05) is 12.2 Å². The van der Waals surface area contributed by atoms with Gasteiger partial charge in [0.05, 0.1) is 11.3 Å². The third kappa shape index (κ3) is 2.99. The molecule has 0 aliphatic rings. The Kier molecular flexibility index (Phi) is 4.17. The van der Waals surface area contributed by atoms with Crippen LogP contribution in [0.15, 0.2) is 84.9 Å². The molecule has 0 bridgehead atoms. The molecule has 22 heavy (non-hydrogen) atoms. The molecule has 0 amide bonds. The summed E-state index contributed by atoms with van der Waals surface area (Å²) in [5, 5.41) is 9.40. The maximum Gasteiger partial charge on any atom is 0.101 e. The molecule has 0 heterocycles. The Morgan fingerprint density at radius 1 is 0.727 bits per heavy atom. The van der Waals surface area contributed by atoms with Gasteiger partial charge >= 0.3 is 0 Å². The highest BCUT2D eigenvalue weighted by atomic mass is 15.1. The van der Waals surface area contributed by atoms with Crippen molar-refractivity contribution in [3.05, 3.63) is 96.1 Å². The second kappa shape index (κ2) is 6.60. The Morgan fingerprint density at radius 3 is 2.00 bits per heavy atom. The molecule has 0 atom stereocenters. The van der Waals surface area contributed by atoms with Crippen molar-refractivity contribution < 1.29 is 0 Å². The SMILES string of the molecule is N#Cc1ccccc1N(Cc1ccccc1)c1ccccc1. The molecule has 0 fully saturated rings. The largest absolute Gasteiger partial charge is 0.336 e. The Hall–Kier alpha value is -3.05. The molecule has 0 N–H and O–H groups in total. The number of nitrogens with zero attached hydrogens (tertiary/aromatic N) is 2. The number of rotatable bonds is 4. The van der Waals surface area contributed by atoms with Crippen molar-refractivity contribution in [1.29, 1.82) is 5.26 Å². The lowest BCUT2D eigenvalue weighted by Crippen LogP contribution is -2.17. The van der Waals surface area contributed by atoms with Gasteiger partial charge in [-0.3, -0.25) is 0 Å². The van der Waals surface area contributed by atoms with Crippen LogP contribution >= 0.6 is 0 Å². The summed E-state index contributed by atoms with van der Waals surface area (Å²) in [5.74, 6) is 0. The summed E-state index contributed by atoms with van der Waals surface area (Å²) in [6, 6.07) is 30.5. The summed E-state index contributed by atoms with van der Waals surface area (Å²) in [7, 11) is 0. The summed E-state index contributed by atoms with van der Waals surface area (Å²) >= 11 is 0. The fraction of sp³-hybridized carbons (Fsp3) is 0.0500. The first-order valence-corrected chi connectivity index (χ1v) is 7.24. The molecule has 0 aromatic heterocycles. The van der Waals surface area contributed by atoms with Crippen molar-refractivity contribution >= 4 is 11.4 Å². The van der Waals surface area contributed by atoms with Crippen molar-refractivity contribution in [1.82, 2.24) is 0 Å². The Bertz CT molecular complexity index is 774. The molecule has 0 radical (unpaired) electrons. The predicted molar refractivity (Wildman–Crippen MR) is 89.9 cm³/mol. The van der Waals surface area contributed by atoms with Crippen molar-refractivity contribution in [2.75, 3.05) is 4.90 Å². The molecule has 3 aromatic carbocycles. The van der Waals surface area contributed by atoms with Gasteiger partial charge < -0.3 is 4.90 Å². The standard InChI is InChI=1S/C20H16N2/c21-15-18-11-7-8-14-20(18)22(19-12-5-2-6-13-19)16-17-9-3-1-4-10-17/h1-14H,16H2. The topological polar surface area (TPSA) is 27.0 Å². The highest BCUT2D eigenvalue weighted by Gasteiger charge is 2.13. The minimum atomic E-state index is 0.683. The lowest BCUT2D eigenvalue weighted by molar-refractivity contribution is 0.973. The maximum absolute atomic E-state index is 9.40. The number of benzene rings is 3. The van der Waals surface area contributed by atoms with Crippen LogP contribution in [0.1, 0.15) is 11.1 Å². The van der Waals surface area contributed by atoms with E-state index in [0.717, 1.165) is 17.9 Å². The first-order chi connectivity index (χ1) is 10.9. The van der Waals surface area contributed by atoms with E-state index < -0.39 is 0 Å². The van der Waals surface area contributed by atoms with Gasteiger partial charge in [0.1, 0.15) is 6.07 Å². The number of para-hydroxylation sites is 2. The van der Waals surface area contributed by atoms with E-state index in [1.54, 1.807) is 0 Å². The van der Waals surface area contributed by atoms with Gasteiger partial charge in [0.25, 0.3) is 0 Å². The quantitative estimate of drug-likeness (QED) is 0.681. The van der Waals surface area contributed by atoms with Crippen LogP contribution in [0.25, 0.3) is 0 Å². The third-order valence-electron chi connectivity index (χ3n) is 3.57. The second-order valence-electron chi connectivity index (χ2n) is 5.04. The molecule has 0 unspecified atom stereocenters. The maximum atomic E-state index is 9.40. The highest BCUT2D eigenvalue weighted by Crippen LogP contribution is 2.29. The molecule has 2 heteroatoms. The van der Waals surface area contributed by atoms with Crippen LogP contribution in [0, 0.1) is 11.3 Å². The number of anilines is 2. The lowest BCUT2D eigenvalue weighted by Gasteiger charge is -2.26. The van der Waals surface area contributed by atoms with Gasteiger partial charge in [-0.2, -0.15) is 5.26 Å². The third-order valence-corrected chi connectivity index (χ3v) is 3.57. The average Bonchev–Trinajstić information content (AvgIpc) is 2.61. The van der Waals surface area contributed by atoms with Crippen molar-refractivity contribution in [2.45, 2.75) is 6.54 Å². The van der Waals surface area contributed by atoms with E-state index in [0.29, 0.717) is 5.56 Å². The van der Waals surface area contributed by atoms with Crippen LogP contribution in [0.4, 0.5) is 11.4 Å². The van der Waals surface area contributed by atoms with E-state index in [1.165, 1.54) is 5.56 Å².